The molecule has 0 aliphatic rings. The Morgan fingerprint density at radius 2 is 1.62 bits per heavy atom. The summed E-state index contributed by atoms with van der Waals surface area (Å²) in [5.74, 6) is 0.601. The number of alkyl halides is 3. The SMILES string of the molecule is COc1cc(C)c(NC(=O)/C=C/c2ccc(C(F)(F)F)cc2)cc1OC. The molecule has 0 fully saturated rings. The second-order valence-electron chi connectivity index (χ2n) is 5.46. The predicted molar refractivity (Wildman–Crippen MR) is 93.4 cm³/mol. The predicted octanol–water partition coefficient (Wildman–Crippen LogP) is 4.68. The average Bonchev–Trinajstić information content (AvgIpc) is 2.60. The molecular formula is C19H18F3NO3. The van der Waals surface area contributed by atoms with E-state index in [-0.39, 0.29) is 0 Å². The van der Waals surface area contributed by atoms with Gasteiger partial charge in [-0.05, 0) is 42.3 Å². The second-order valence-corrected chi connectivity index (χ2v) is 5.46. The summed E-state index contributed by atoms with van der Waals surface area (Å²) in [5.41, 5.74) is 1.07. The molecule has 0 saturated carbocycles. The van der Waals surface area contributed by atoms with Crippen LogP contribution in [0.1, 0.15) is 16.7 Å². The van der Waals surface area contributed by atoms with E-state index in [4.69, 9.17) is 9.47 Å². The summed E-state index contributed by atoms with van der Waals surface area (Å²) in [6.45, 7) is 1.80. The number of methoxy groups -OCH3 is 2. The van der Waals surface area contributed by atoms with Crippen LogP contribution < -0.4 is 14.8 Å². The first-order chi connectivity index (χ1) is 12.2. The van der Waals surface area contributed by atoms with Gasteiger partial charge in [0.25, 0.3) is 0 Å². The van der Waals surface area contributed by atoms with Crippen molar-refractivity contribution in [1.29, 1.82) is 0 Å². The van der Waals surface area contributed by atoms with Crippen molar-refractivity contribution in [3.05, 3.63) is 59.2 Å². The van der Waals surface area contributed by atoms with E-state index < -0.39 is 17.6 Å². The third kappa shape index (κ3) is 4.78. The lowest BCUT2D eigenvalue weighted by Crippen LogP contribution is -2.09. The highest BCUT2D eigenvalue weighted by molar-refractivity contribution is 6.02. The third-order valence-electron chi connectivity index (χ3n) is 3.65. The highest BCUT2D eigenvalue weighted by Gasteiger charge is 2.29. The van der Waals surface area contributed by atoms with Crippen LogP contribution in [0.15, 0.2) is 42.5 Å². The zero-order valence-corrected chi connectivity index (χ0v) is 14.5. The third-order valence-corrected chi connectivity index (χ3v) is 3.65. The van der Waals surface area contributed by atoms with Crippen LogP contribution >= 0.6 is 0 Å². The van der Waals surface area contributed by atoms with Crippen molar-refractivity contribution in [2.75, 3.05) is 19.5 Å². The number of benzene rings is 2. The maximum absolute atomic E-state index is 12.5. The topological polar surface area (TPSA) is 47.6 Å². The van der Waals surface area contributed by atoms with Crippen molar-refractivity contribution in [2.24, 2.45) is 0 Å². The summed E-state index contributed by atoms with van der Waals surface area (Å²) in [6, 6.07) is 7.90. The Morgan fingerprint density at radius 3 is 2.15 bits per heavy atom. The average molecular weight is 365 g/mol. The molecule has 2 rings (SSSR count). The van der Waals surface area contributed by atoms with E-state index in [1.165, 1.54) is 38.5 Å². The monoisotopic (exact) mass is 365 g/mol. The van der Waals surface area contributed by atoms with Gasteiger partial charge in [0, 0.05) is 17.8 Å². The van der Waals surface area contributed by atoms with Gasteiger partial charge in [0.1, 0.15) is 0 Å². The van der Waals surface area contributed by atoms with E-state index in [2.05, 4.69) is 5.32 Å². The van der Waals surface area contributed by atoms with Gasteiger partial charge >= 0.3 is 6.18 Å². The molecule has 1 N–H and O–H groups in total. The molecule has 0 radical (unpaired) electrons. The molecule has 7 heteroatoms. The molecule has 26 heavy (non-hydrogen) atoms. The lowest BCUT2D eigenvalue weighted by atomic mass is 10.1. The first-order valence-corrected chi connectivity index (χ1v) is 7.63. The molecule has 4 nitrogen and oxygen atoms in total. The maximum Gasteiger partial charge on any atom is 0.416 e. The fourth-order valence-corrected chi connectivity index (χ4v) is 2.24. The van der Waals surface area contributed by atoms with E-state index in [1.54, 1.807) is 19.1 Å². The molecule has 1 amide bonds. The lowest BCUT2D eigenvalue weighted by Gasteiger charge is -2.12. The fraction of sp³-hybridized carbons (Fsp3) is 0.211. The van der Waals surface area contributed by atoms with Crippen LogP contribution in [-0.4, -0.2) is 20.1 Å². The number of carbonyl (C=O) groups excluding carboxylic acids is 1. The van der Waals surface area contributed by atoms with Gasteiger partial charge < -0.3 is 14.8 Å². The van der Waals surface area contributed by atoms with E-state index in [0.717, 1.165) is 17.7 Å². The molecule has 2 aromatic rings. The number of hydrogen-bond donors (Lipinski definition) is 1. The van der Waals surface area contributed by atoms with Gasteiger partial charge in [-0.1, -0.05) is 12.1 Å². The Hall–Kier alpha value is -2.96. The number of amides is 1. The highest BCUT2D eigenvalue weighted by atomic mass is 19.4. The Balaban J connectivity index is 2.10. The highest BCUT2D eigenvalue weighted by Crippen LogP contribution is 2.33. The standard InChI is InChI=1S/C19H18F3NO3/c1-12-10-16(25-2)17(26-3)11-15(12)23-18(24)9-6-13-4-7-14(8-5-13)19(20,21)22/h4-11H,1-3H3,(H,23,24)/b9-6+. The van der Waals surface area contributed by atoms with Crippen LogP contribution in [0.25, 0.3) is 6.08 Å². The molecule has 0 spiro atoms. The molecule has 0 atom stereocenters. The summed E-state index contributed by atoms with van der Waals surface area (Å²) >= 11 is 0. The van der Waals surface area contributed by atoms with Gasteiger partial charge in [-0.25, -0.2) is 0 Å². The van der Waals surface area contributed by atoms with Gasteiger partial charge in [0.2, 0.25) is 5.91 Å². The molecular weight excluding hydrogens is 347 g/mol. The van der Waals surface area contributed by atoms with Crippen molar-refractivity contribution in [1.82, 2.24) is 0 Å². The number of halogens is 3. The van der Waals surface area contributed by atoms with Gasteiger partial charge in [-0.2, -0.15) is 13.2 Å². The molecule has 0 bridgehead atoms. The second kappa shape index (κ2) is 7.95. The van der Waals surface area contributed by atoms with Crippen LogP contribution in [0.4, 0.5) is 18.9 Å². The number of rotatable bonds is 5. The lowest BCUT2D eigenvalue weighted by molar-refractivity contribution is -0.137. The van der Waals surface area contributed by atoms with Gasteiger partial charge in [-0.3, -0.25) is 4.79 Å². The molecule has 0 aliphatic carbocycles. The van der Waals surface area contributed by atoms with Gasteiger partial charge in [-0.15, -0.1) is 0 Å². The van der Waals surface area contributed by atoms with E-state index in [9.17, 15) is 18.0 Å². The quantitative estimate of drug-likeness (QED) is 0.783. The van der Waals surface area contributed by atoms with Crippen LogP contribution in [0.5, 0.6) is 11.5 Å². The molecule has 2 aromatic carbocycles. The first-order valence-electron chi connectivity index (χ1n) is 7.63. The summed E-state index contributed by atoms with van der Waals surface area (Å²) in [6.07, 6.45) is -1.70. The van der Waals surface area contributed by atoms with Crippen LogP contribution in [0.2, 0.25) is 0 Å². The minimum Gasteiger partial charge on any atom is -0.493 e. The van der Waals surface area contributed by atoms with Crippen molar-refractivity contribution in [3.63, 3.8) is 0 Å². The maximum atomic E-state index is 12.5. The van der Waals surface area contributed by atoms with Crippen molar-refractivity contribution < 1.29 is 27.4 Å². The van der Waals surface area contributed by atoms with Gasteiger partial charge in [0.15, 0.2) is 11.5 Å². The Bertz CT molecular complexity index is 812. The van der Waals surface area contributed by atoms with Gasteiger partial charge in [0.05, 0.1) is 19.8 Å². The van der Waals surface area contributed by atoms with Crippen molar-refractivity contribution >= 4 is 17.7 Å². The number of nitrogens with one attached hydrogen (secondary N) is 1. The van der Waals surface area contributed by atoms with Crippen LogP contribution in [0.3, 0.4) is 0 Å². The van der Waals surface area contributed by atoms with E-state index in [0.29, 0.717) is 22.7 Å². The Kier molecular flexibility index (Phi) is 5.92. The van der Waals surface area contributed by atoms with Crippen molar-refractivity contribution in [3.8, 4) is 11.5 Å². The molecule has 0 heterocycles. The molecule has 0 aliphatic heterocycles. The summed E-state index contributed by atoms with van der Waals surface area (Å²) in [4.78, 5) is 12.1. The van der Waals surface area contributed by atoms with E-state index in [1.807, 2.05) is 0 Å². The number of carbonyl (C=O) groups is 1. The smallest absolute Gasteiger partial charge is 0.416 e. The molecule has 0 aromatic heterocycles. The number of anilines is 1. The Labute approximate surface area is 149 Å². The molecule has 0 unspecified atom stereocenters. The zero-order chi connectivity index (χ0) is 19.3. The van der Waals surface area contributed by atoms with Crippen LogP contribution in [0, 0.1) is 6.92 Å². The molecule has 0 saturated heterocycles. The minimum absolute atomic E-state index is 0.416. The first kappa shape index (κ1) is 19.4. The van der Waals surface area contributed by atoms with Crippen molar-refractivity contribution in [2.45, 2.75) is 13.1 Å². The number of hydrogen-bond acceptors (Lipinski definition) is 3. The molecule has 138 valence electrons. The van der Waals surface area contributed by atoms with E-state index >= 15 is 0 Å². The number of ether oxygens (including phenoxy) is 2. The normalized spacial score (nSPS) is 11.5. The summed E-state index contributed by atoms with van der Waals surface area (Å²) < 4.78 is 48.0. The van der Waals surface area contributed by atoms with Crippen LogP contribution in [-0.2, 0) is 11.0 Å². The number of aryl methyl sites for hydroxylation is 1. The minimum atomic E-state index is -4.38. The summed E-state index contributed by atoms with van der Waals surface area (Å²) in [5, 5.41) is 2.70. The zero-order valence-electron chi connectivity index (χ0n) is 14.5. The Morgan fingerprint density at radius 1 is 1.04 bits per heavy atom. The largest absolute Gasteiger partial charge is 0.493 e. The summed E-state index contributed by atoms with van der Waals surface area (Å²) in [7, 11) is 3.01. The fourth-order valence-electron chi connectivity index (χ4n) is 2.24.